The number of hydrogen-bond donors (Lipinski definition) is 3. The van der Waals surface area contributed by atoms with E-state index in [1.165, 1.54) is 5.56 Å². The van der Waals surface area contributed by atoms with Crippen LogP contribution in [0.15, 0.2) is 163 Å². The van der Waals surface area contributed by atoms with Crippen molar-refractivity contribution in [3.63, 3.8) is 0 Å². The van der Waals surface area contributed by atoms with Crippen molar-refractivity contribution in [3.05, 3.63) is 197 Å². The van der Waals surface area contributed by atoms with Crippen molar-refractivity contribution < 1.29 is 27.8 Å². The van der Waals surface area contributed by atoms with Gasteiger partial charge in [-0.25, -0.2) is 8.42 Å². The van der Waals surface area contributed by atoms with Crippen LogP contribution in [0.3, 0.4) is 0 Å². The van der Waals surface area contributed by atoms with Gasteiger partial charge >= 0.3 is 0 Å². The van der Waals surface area contributed by atoms with Gasteiger partial charge in [0.25, 0.3) is 0 Å². The van der Waals surface area contributed by atoms with Crippen molar-refractivity contribution in [2.24, 2.45) is 0 Å². The van der Waals surface area contributed by atoms with Gasteiger partial charge in [-0.2, -0.15) is 4.72 Å². The smallest absolute Gasteiger partial charge is 0.241 e. The second-order valence-electron chi connectivity index (χ2n) is 15.5. The van der Waals surface area contributed by atoms with Crippen LogP contribution in [0.1, 0.15) is 70.7 Å². The summed E-state index contributed by atoms with van der Waals surface area (Å²) in [5.41, 5.74) is 8.54. The van der Waals surface area contributed by atoms with Crippen LogP contribution in [-0.4, -0.2) is 50.1 Å². The van der Waals surface area contributed by atoms with E-state index in [-0.39, 0.29) is 42.7 Å². The number of aryl methyl sites for hydroxylation is 1. The molecule has 1 amide bonds. The molecule has 9 nitrogen and oxygen atoms in total. The van der Waals surface area contributed by atoms with Crippen molar-refractivity contribution in [2.45, 2.75) is 75.3 Å². The average Bonchev–Trinajstić information content (AvgIpc) is 3.28. The van der Waals surface area contributed by atoms with E-state index < -0.39 is 28.3 Å². The third-order valence-corrected chi connectivity index (χ3v) is 12.7. The molecule has 7 rings (SSSR count). The maximum absolute atomic E-state index is 13.8. The number of likely N-dealkylation sites (N-methyl/N-ethyl adjacent to an activating group) is 1. The third kappa shape index (κ3) is 10.8. The monoisotopic (exact) mass is 823 g/mol. The topological polar surface area (TPSA) is 117 Å². The Bertz CT molecular complexity index is 2410. The molecule has 5 atom stereocenters. The maximum atomic E-state index is 13.8. The molecule has 0 spiro atoms. The summed E-state index contributed by atoms with van der Waals surface area (Å²) in [5, 5.41) is 12.7. The van der Waals surface area contributed by atoms with Crippen LogP contribution in [0.25, 0.3) is 11.1 Å². The summed E-state index contributed by atoms with van der Waals surface area (Å²) >= 11 is 0. The fraction of sp³-hybridized carbons (Fsp3) is 0.260. The van der Waals surface area contributed by atoms with E-state index >= 15 is 0 Å². The number of nitrogens with zero attached hydrogens (tertiary/aromatic N) is 1. The molecule has 1 heterocycles. The Morgan fingerprint density at radius 3 is 2.08 bits per heavy atom. The van der Waals surface area contributed by atoms with Crippen molar-refractivity contribution >= 4 is 15.9 Å². The number of aliphatic hydroxyl groups is 1. The van der Waals surface area contributed by atoms with Gasteiger partial charge in [0.15, 0.2) is 6.29 Å². The van der Waals surface area contributed by atoms with Gasteiger partial charge in [0.1, 0.15) is 6.04 Å². The predicted octanol–water partition coefficient (Wildman–Crippen LogP) is 8.60. The van der Waals surface area contributed by atoms with Crippen LogP contribution >= 0.6 is 0 Å². The molecule has 0 radical (unpaired) electrons. The van der Waals surface area contributed by atoms with Crippen LogP contribution in [0, 0.1) is 6.92 Å². The van der Waals surface area contributed by atoms with Crippen LogP contribution in [-0.2, 0) is 43.9 Å². The summed E-state index contributed by atoms with van der Waals surface area (Å²) in [6, 6.07) is 49.4. The number of benzene rings is 6. The summed E-state index contributed by atoms with van der Waals surface area (Å²) in [7, 11) is -1.86. The molecule has 0 unspecified atom stereocenters. The van der Waals surface area contributed by atoms with Gasteiger partial charge < -0.3 is 19.9 Å². The van der Waals surface area contributed by atoms with Gasteiger partial charge in [-0.3, -0.25) is 9.69 Å². The molecule has 1 aliphatic heterocycles. The lowest BCUT2D eigenvalue weighted by atomic mass is 9.97. The lowest BCUT2D eigenvalue weighted by Gasteiger charge is -2.39. The number of hydrogen-bond acceptors (Lipinski definition) is 7. The molecule has 1 fully saturated rings. The Balaban J connectivity index is 1.07. The van der Waals surface area contributed by atoms with E-state index in [0.717, 1.165) is 44.5 Å². The molecule has 6 aromatic rings. The molecule has 1 saturated heterocycles. The molecular weight excluding hydrogens is 771 g/mol. The summed E-state index contributed by atoms with van der Waals surface area (Å²) in [6.45, 7) is 4.97. The lowest BCUT2D eigenvalue weighted by Crippen LogP contribution is -2.47. The number of aliphatic hydroxyl groups excluding tert-OH is 1. The van der Waals surface area contributed by atoms with E-state index in [9.17, 15) is 18.3 Å². The Kier molecular flexibility index (Phi) is 14.0. The van der Waals surface area contributed by atoms with Crippen LogP contribution < -0.4 is 10.0 Å². The van der Waals surface area contributed by atoms with Crippen LogP contribution in [0.5, 0.6) is 0 Å². The predicted molar refractivity (Wildman–Crippen MR) is 235 cm³/mol. The van der Waals surface area contributed by atoms with Gasteiger partial charge in [-0.15, -0.1) is 0 Å². The quantitative estimate of drug-likeness (QED) is 0.0896. The fourth-order valence-electron chi connectivity index (χ4n) is 7.59. The molecule has 3 N–H and O–H groups in total. The number of nitrogens with one attached hydrogen (secondary N) is 2. The standard InChI is InChI=1S/C50H53N3O6S/c1-35-18-28-45(29-19-35)60(56,57)52-47(30-37-12-6-4-7-13-37)49(55)51-32-43-16-10-11-17-46(43)40-24-26-42(27-25-40)50-58-44(33-53(3)36(2)39-14-8-5-9-15-39)31-48(59-50)41-22-20-38(34-54)21-23-41/h4-29,36,44,47-48,50,52,54H,30-34H2,1-3H3,(H,51,55)/t36-,44-,47+,48+,50+/m0/s1. The highest BCUT2D eigenvalue weighted by molar-refractivity contribution is 7.89. The van der Waals surface area contributed by atoms with Gasteiger partial charge in [0.2, 0.25) is 15.9 Å². The number of sulfonamides is 1. The number of amides is 1. The Morgan fingerprint density at radius 2 is 1.40 bits per heavy atom. The fourth-order valence-corrected chi connectivity index (χ4v) is 8.79. The Labute approximate surface area is 354 Å². The van der Waals surface area contributed by atoms with Gasteiger partial charge in [-0.05, 0) is 78.4 Å². The van der Waals surface area contributed by atoms with E-state index in [2.05, 4.69) is 53.2 Å². The lowest BCUT2D eigenvalue weighted by molar-refractivity contribution is -0.253. The normalized spacial score (nSPS) is 17.9. The minimum Gasteiger partial charge on any atom is -0.392 e. The zero-order valence-corrected chi connectivity index (χ0v) is 35.1. The maximum Gasteiger partial charge on any atom is 0.241 e. The first-order chi connectivity index (χ1) is 29.1. The summed E-state index contributed by atoms with van der Waals surface area (Å²) in [5.74, 6) is -0.426. The van der Waals surface area contributed by atoms with E-state index in [0.29, 0.717) is 13.0 Å². The minimum atomic E-state index is -3.98. The summed E-state index contributed by atoms with van der Waals surface area (Å²) < 4.78 is 42.9. The molecule has 0 aliphatic carbocycles. The number of carbonyl (C=O) groups is 1. The van der Waals surface area contributed by atoms with Gasteiger partial charge in [0, 0.05) is 31.1 Å². The van der Waals surface area contributed by atoms with E-state index in [1.807, 2.05) is 116 Å². The first-order valence-electron chi connectivity index (χ1n) is 20.4. The summed E-state index contributed by atoms with van der Waals surface area (Å²) in [6.07, 6.45) is -0.0704. The average molecular weight is 824 g/mol. The second-order valence-corrected chi connectivity index (χ2v) is 17.3. The highest BCUT2D eigenvalue weighted by Gasteiger charge is 2.34. The SMILES string of the molecule is Cc1ccc(S(=O)(=O)N[C@H](Cc2ccccc2)C(=O)NCc2ccccc2-c2ccc([C@@H]3O[C@H](CN(C)[C@@H](C)c4ccccc4)C[C@H](c4ccc(CO)cc4)O3)cc2)cc1. The molecule has 1 aliphatic rings. The molecule has 6 aromatic carbocycles. The number of carbonyl (C=O) groups excluding carboxylic acids is 1. The zero-order chi connectivity index (χ0) is 42.1. The van der Waals surface area contributed by atoms with E-state index in [4.69, 9.17) is 9.47 Å². The van der Waals surface area contributed by atoms with E-state index in [1.54, 1.807) is 24.3 Å². The molecule has 60 heavy (non-hydrogen) atoms. The largest absolute Gasteiger partial charge is 0.392 e. The van der Waals surface area contributed by atoms with Crippen molar-refractivity contribution in [2.75, 3.05) is 13.6 Å². The highest BCUT2D eigenvalue weighted by atomic mass is 32.2. The second kappa shape index (κ2) is 19.7. The first kappa shape index (κ1) is 42.7. The zero-order valence-electron chi connectivity index (χ0n) is 34.3. The van der Waals surface area contributed by atoms with Gasteiger partial charge in [0.05, 0.1) is 23.7 Å². The third-order valence-electron chi connectivity index (χ3n) is 11.2. The van der Waals surface area contributed by atoms with Crippen LogP contribution in [0.4, 0.5) is 0 Å². The van der Waals surface area contributed by atoms with Crippen molar-refractivity contribution in [3.8, 4) is 11.1 Å². The van der Waals surface area contributed by atoms with Crippen molar-refractivity contribution in [1.82, 2.24) is 14.9 Å². The first-order valence-corrected chi connectivity index (χ1v) is 21.9. The Morgan fingerprint density at radius 1 is 0.767 bits per heavy atom. The molecule has 0 saturated carbocycles. The number of ether oxygens (including phenoxy) is 2. The molecular formula is C50H53N3O6S. The van der Waals surface area contributed by atoms with Crippen LogP contribution in [0.2, 0.25) is 0 Å². The number of rotatable bonds is 16. The summed E-state index contributed by atoms with van der Waals surface area (Å²) in [4.78, 5) is 16.3. The molecule has 10 heteroatoms. The molecule has 310 valence electrons. The Hall–Kier alpha value is -5.46. The highest BCUT2D eigenvalue weighted by Crippen LogP contribution is 2.39. The van der Waals surface area contributed by atoms with Crippen molar-refractivity contribution in [1.29, 1.82) is 0 Å². The minimum absolute atomic E-state index is 0.0188. The molecule has 0 aromatic heterocycles. The van der Waals surface area contributed by atoms with Gasteiger partial charge in [-0.1, -0.05) is 151 Å². The molecule has 0 bridgehead atoms.